The average Bonchev–Trinajstić information content (AvgIpc) is 2.92. The summed E-state index contributed by atoms with van der Waals surface area (Å²) in [5.41, 5.74) is 3.24. The third kappa shape index (κ3) is 6.39. The molecular weight excluding hydrogens is 504 g/mol. The van der Waals surface area contributed by atoms with Gasteiger partial charge in [-0.1, -0.05) is 36.4 Å². The monoisotopic (exact) mass is 540 g/mol. The Balaban J connectivity index is 1.79. The van der Waals surface area contributed by atoms with Crippen molar-refractivity contribution in [3.05, 3.63) is 95.1 Å². The molecule has 0 aliphatic carbocycles. The summed E-state index contributed by atoms with van der Waals surface area (Å²) >= 11 is 0. The number of nitrogens with zero attached hydrogens (tertiary/aromatic N) is 2. The molecule has 4 amide bonds. The van der Waals surface area contributed by atoms with Crippen molar-refractivity contribution in [2.45, 2.75) is 52.6 Å². The number of hydrogen-bond donors (Lipinski definition) is 2. The summed E-state index contributed by atoms with van der Waals surface area (Å²) in [6, 6.07) is 22.1. The molecule has 3 aromatic rings. The lowest BCUT2D eigenvalue weighted by Gasteiger charge is -2.47. The van der Waals surface area contributed by atoms with E-state index in [9.17, 15) is 19.2 Å². The Morgan fingerprint density at radius 1 is 0.850 bits per heavy atom. The predicted molar refractivity (Wildman–Crippen MR) is 156 cm³/mol. The molecule has 3 aromatic carbocycles. The molecule has 0 spiro atoms. The number of benzene rings is 3. The molecule has 1 aliphatic rings. The Hall–Kier alpha value is -4.46. The molecule has 4 rings (SSSR count). The Kier molecular flexibility index (Phi) is 8.67. The van der Waals surface area contributed by atoms with Gasteiger partial charge in [0.05, 0.1) is 0 Å². The van der Waals surface area contributed by atoms with Crippen molar-refractivity contribution >= 4 is 35.0 Å². The summed E-state index contributed by atoms with van der Waals surface area (Å²) in [5.74, 6) is -0.856. The second kappa shape index (κ2) is 12.2. The first-order chi connectivity index (χ1) is 19.1. The second-order valence-corrected chi connectivity index (χ2v) is 10.5. The first kappa shape index (κ1) is 28.5. The van der Waals surface area contributed by atoms with E-state index in [2.05, 4.69) is 10.6 Å². The molecule has 40 heavy (non-hydrogen) atoms. The van der Waals surface area contributed by atoms with Crippen LogP contribution in [0.2, 0.25) is 0 Å². The summed E-state index contributed by atoms with van der Waals surface area (Å²) < 4.78 is 0. The number of rotatable bonds is 7. The van der Waals surface area contributed by atoms with Gasteiger partial charge in [-0.3, -0.25) is 24.1 Å². The number of nitrogens with one attached hydrogen (secondary N) is 2. The number of anilines is 2. The van der Waals surface area contributed by atoms with E-state index in [1.54, 1.807) is 34.1 Å². The van der Waals surface area contributed by atoms with Crippen LogP contribution in [-0.4, -0.2) is 47.2 Å². The fourth-order valence-electron chi connectivity index (χ4n) is 5.35. The summed E-state index contributed by atoms with van der Waals surface area (Å²) in [6.45, 7) is 7.88. The Bertz CT molecular complexity index is 1370. The number of piperidine rings is 1. The topological polar surface area (TPSA) is 98.8 Å². The molecule has 1 fully saturated rings. The highest BCUT2D eigenvalue weighted by Gasteiger charge is 2.49. The number of carbonyl (C=O) groups excluding carboxylic acids is 4. The van der Waals surface area contributed by atoms with Gasteiger partial charge in [-0.25, -0.2) is 0 Å². The molecule has 0 bridgehead atoms. The zero-order chi connectivity index (χ0) is 28.9. The molecular formula is C32H36N4O4. The van der Waals surface area contributed by atoms with Gasteiger partial charge in [0.2, 0.25) is 17.7 Å². The van der Waals surface area contributed by atoms with E-state index in [4.69, 9.17) is 0 Å². The van der Waals surface area contributed by atoms with Gasteiger partial charge in [0.15, 0.2) is 0 Å². The van der Waals surface area contributed by atoms with E-state index < -0.39 is 5.54 Å². The van der Waals surface area contributed by atoms with Crippen molar-refractivity contribution in [2.24, 2.45) is 0 Å². The maximum Gasteiger partial charge on any atom is 0.259 e. The fraction of sp³-hybridized carbons (Fsp3) is 0.312. The minimum atomic E-state index is -1.23. The molecule has 0 aromatic heterocycles. The lowest BCUT2D eigenvalue weighted by atomic mass is 9.83. The molecule has 1 heterocycles. The van der Waals surface area contributed by atoms with Crippen LogP contribution in [0.25, 0.3) is 0 Å². The van der Waals surface area contributed by atoms with Gasteiger partial charge in [-0.15, -0.1) is 0 Å². The molecule has 208 valence electrons. The molecule has 0 radical (unpaired) electrons. The van der Waals surface area contributed by atoms with Crippen LogP contribution in [0.3, 0.4) is 0 Å². The Labute approximate surface area is 235 Å². The van der Waals surface area contributed by atoms with Crippen LogP contribution in [0.15, 0.2) is 72.8 Å². The van der Waals surface area contributed by atoms with Crippen LogP contribution in [0.1, 0.15) is 53.7 Å². The van der Waals surface area contributed by atoms with Crippen molar-refractivity contribution in [1.82, 2.24) is 10.2 Å². The molecule has 2 N–H and O–H groups in total. The van der Waals surface area contributed by atoms with Crippen LogP contribution in [0.5, 0.6) is 0 Å². The maximum absolute atomic E-state index is 14.4. The molecule has 1 aliphatic heterocycles. The van der Waals surface area contributed by atoms with Crippen molar-refractivity contribution in [3.8, 4) is 0 Å². The first-order valence-corrected chi connectivity index (χ1v) is 13.5. The van der Waals surface area contributed by atoms with Crippen LogP contribution < -0.4 is 15.5 Å². The number of carbonyl (C=O) groups is 4. The summed E-state index contributed by atoms with van der Waals surface area (Å²) in [4.78, 5) is 55.6. The van der Waals surface area contributed by atoms with Crippen molar-refractivity contribution in [2.75, 3.05) is 23.3 Å². The molecule has 0 unspecified atom stereocenters. The van der Waals surface area contributed by atoms with Gasteiger partial charge in [-0.2, -0.15) is 0 Å². The second-order valence-electron chi connectivity index (χ2n) is 10.5. The standard InChI is InChI=1S/C32H36N4O4/c1-22-18-23(2)20-29(19-22)36(30(39)27-10-12-28(13-11-27)34-24(3)37)32(14-16-35(17-15-32)25(4)38)31(40)33-21-26-8-6-5-7-9-26/h5-13,18-20H,14-17,21H2,1-4H3,(H,33,40)(H,34,37). The third-order valence-electron chi connectivity index (χ3n) is 7.30. The summed E-state index contributed by atoms with van der Waals surface area (Å²) in [6.07, 6.45) is 0.575. The van der Waals surface area contributed by atoms with Crippen molar-refractivity contribution in [1.29, 1.82) is 0 Å². The van der Waals surface area contributed by atoms with Crippen LogP contribution in [-0.2, 0) is 20.9 Å². The minimum absolute atomic E-state index is 0.0591. The van der Waals surface area contributed by atoms with Crippen LogP contribution in [0, 0.1) is 13.8 Å². The Morgan fingerprint density at radius 2 is 1.45 bits per heavy atom. The van der Waals surface area contributed by atoms with E-state index in [1.165, 1.54) is 13.8 Å². The lowest BCUT2D eigenvalue weighted by Crippen LogP contribution is -2.65. The Morgan fingerprint density at radius 3 is 2.00 bits per heavy atom. The zero-order valence-corrected chi connectivity index (χ0v) is 23.5. The van der Waals surface area contributed by atoms with Gasteiger partial charge in [0.1, 0.15) is 5.54 Å². The molecule has 8 nitrogen and oxygen atoms in total. The van der Waals surface area contributed by atoms with Gasteiger partial charge < -0.3 is 15.5 Å². The highest BCUT2D eigenvalue weighted by Crippen LogP contribution is 2.36. The van der Waals surface area contributed by atoms with Crippen molar-refractivity contribution < 1.29 is 19.2 Å². The summed E-state index contributed by atoms with van der Waals surface area (Å²) in [7, 11) is 0. The molecule has 8 heteroatoms. The highest BCUT2D eigenvalue weighted by atomic mass is 16.2. The quantitative estimate of drug-likeness (QED) is 0.457. The zero-order valence-electron chi connectivity index (χ0n) is 23.5. The fourth-order valence-corrected chi connectivity index (χ4v) is 5.35. The van der Waals surface area contributed by atoms with E-state index >= 15 is 0 Å². The number of likely N-dealkylation sites (tertiary alicyclic amines) is 1. The normalized spacial score (nSPS) is 14.2. The van der Waals surface area contributed by atoms with E-state index in [1.807, 2.05) is 62.4 Å². The number of amides is 4. The minimum Gasteiger partial charge on any atom is -0.350 e. The van der Waals surface area contributed by atoms with E-state index in [-0.39, 0.29) is 36.5 Å². The third-order valence-corrected chi connectivity index (χ3v) is 7.30. The largest absolute Gasteiger partial charge is 0.350 e. The predicted octanol–water partition coefficient (Wildman–Crippen LogP) is 4.61. The van der Waals surface area contributed by atoms with Gasteiger partial charge in [0.25, 0.3) is 5.91 Å². The van der Waals surface area contributed by atoms with E-state index in [0.717, 1.165) is 16.7 Å². The highest BCUT2D eigenvalue weighted by molar-refractivity contribution is 6.12. The van der Waals surface area contributed by atoms with Crippen molar-refractivity contribution in [3.63, 3.8) is 0 Å². The lowest BCUT2D eigenvalue weighted by molar-refractivity contribution is -0.135. The number of hydrogen-bond acceptors (Lipinski definition) is 4. The average molecular weight is 541 g/mol. The first-order valence-electron chi connectivity index (χ1n) is 13.5. The van der Waals surface area contributed by atoms with Gasteiger partial charge in [0, 0.05) is 50.4 Å². The van der Waals surface area contributed by atoms with Crippen LogP contribution >= 0.6 is 0 Å². The van der Waals surface area contributed by atoms with Crippen LogP contribution in [0.4, 0.5) is 11.4 Å². The molecule has 1 saturated heterocycles. The number of aryl methyl sites for hydroxylation is 2. The SMILES string of the molecule is CC(=O)Nc1ccc(C(=O)N(c2cc(C)cc(C)c2)C2(C(=O)NCc3ccccc3)CCN(C(C)=O)CC2)cc1. The molecule has 0 saturated carbocycles. The van der Waals surface area contributed by atoms with E-state index in [0.29, 0.717) is 36.6 Å². The smallest absolute Gasteiger partial charge is 0.259 e. The maximum atomic E-state index is 14.4. The van der Waals surface area contributed by atoms with Gasteiger partial charge >= 0.3 is 0 Å². The molecule has 0 atom stereocenters. The van der Waals surface area contributed by atoms with Gasteiger partial charge in [-0.05, 0) is 79.8 Å². The summed E-state index contributed by atoms with van der Waals surface area (Å²) in [5, 5.41) is 5.80.